The van der Waals surface area contributed by atoms with E-state index in [1.165, 1.54) is 21.9 Å². The summed E-state index contributed by atoms with van der Waals surface area (Å²) in [5, 5.41) is 0. The minimum absolute atomic E-state index is 0.191. The Bertz CT molecular complexity index is 1380. The first kappa shape index (κ1) is 35.4. The normalized spacial score (nSPS) is 11.3. The molecule has 244 valence electrons. The smallest absolute Gasteiger partial charge is 0.271 e. The molecule has 0 spiro atoms. The molecule has 0 aliphatic carbocycles. The van der Waals surface area contributed by atoms with Gasteiger partial charge in [-0.2, -0.15) is 21.9 Å². The van der Waals surface area contributed by atoms with E-state index in [1.807, 2.05) is 30.3 Å². The van der Waals surface area contributed by atoms with Crippen LogP contribution in [-0.2, 0) is 4.84 Å². The standard InChI is InChI=1S/C24H20B.C19H32NO2/c1-5-13-21(14-6-1)25(22-15-7-2-8-16-22,23-17-9-3-10-18-23)24-19-11-4-12-20-24;1-4-7-15-20(16-8-5-2,17-9-6-3)22-19(21)18-13-11-10-12-14-18/h1-20H;10-14H,4-9,15-17H2,1-3H3/q-1;+1. The highest BCUT2D eigenvalue weighted by Gasteiger charge is 2.33. The van der Waals surface area contributed by atoms with Crippen LogP contribution in [0.5, 0.6) is 0 Å². The van der Waals surface area contributed by atoms with Gasteiger partial charge in [-0.25, -0.2) is 4.79 Å². The quantitative estimate of drug-likeness (QED) is 0.0669. The minimum atomic E-state index is -1.22. The van der Waals surface area contributed by atoms with Crippen LogP contribution >= 0.6 is 0 Å². The number of carbonyl (C=O) groups excluding carboxylic acids is 1. The summed E-state index contributed by atoms with van der Waals surface area (Å²) in [7, 11) is 0. The third kappa shape index (κ3) is 9.33. The molecule has 0 aliphatic heterocycles. The summed E-state index contributed by atoms with van der Waals surface area (Å²) in [6.45, 7) is 9.34. The summed E-state index contributed by atoms with van der Waals surface area (Å²) >= 11 is 0. The number of nitrogens with zero attached hydrogens (tertiary/aromatic N) is 1. The predicted molar refractivity (Wildman–Crippen MR) is 202 cm³/mol. The molecule has 0 atom stereocenters. The highest BCUT2D eigenvalue weighted by Crippen LogP contribution is 2.18. The second-order valence-electron chi connectivity index (χ2n) is 12.5. The van der Waals surface area contributed by atoms with Crippen molar-refractivity contribution >= 4 is 34.0 Å². The third-order valence-corrected chi connectivity index (χ3v) is 9.24. The predicted octanol–water partition coefficient (Wildman–Crippen LogP) is 8.04. The maximum Gasteiger partial charge on any atom is 0.397 e. The fourth-order valence-electron chi connectivity index (χ4n) is 6.74. The van der Waals surface area contributed by atoms with E-state index in [0.29, 0.717) is 10.2 Å². The Kier molecular flexibility index (Phi) is 14.1. The Morgan fingerprint density at radius 1 is 0.468 bits per heavy atom. The first-order valence-electron chi connectivity index (χ1n) is 17.6. The maximum absolute atomic E-state index is 12.5. The highest BCUT2D eigenvalue weighted by molar-refractivity contribution is 7.19. The molecule has 0 unspecified atom stereocenters. The van der Waals surface area contributed by atoms with Crippen LogP contribution in [-0.4, -0.2) is 36.4 Å². The number of quaternary nitrogens is 1. The molecule has 5 aromatic carbocycles. The second kappa shape index (κ2) is 18.7. The Morgan fingerprint density at radius 3 is 1.02 bits per heavy atom. The molecular weight excluding hydrogens is 573 g/mol. The van der Waals surface area contributed by atoms with Gasteiger partial charge in [-0.3, -0.25) is 4.84 Å². The summed E-state index contributed by atoms with van der Waals surface area (Å²) in [5.41, 5.74) is 6.00. The summed E-state index contributed by atoms with van der Waals surface area (Å²) in [5.74, 6) is -0.191. The topological polar surface area (TPSA) is 26.3 Å². The van der Waals surface area contributed by atoms with E-state index < -0.39 is 6.15 Å². The number of rotatable bonds is 15. The lowest BCUT2D eigenvalue weighted by molar-refractivity contribution is -1.09. The van der Waals surface area contributed by atoms with Gasteiger partial charge >= 0.3 is 5.97 Å². The number of hydrogen-bond donors (Lipinski definition) is 0. The fraction of sp³-hybridized carbons (Fsp3) is 0.279. The van der Waals surface area contributed by atoms with Crippen molar-refractivity contribution in [2.75, 3.05) is 19.6 Å². The van der Waals surface area contributed by atoms with E-state index in [9.17, 15) is 4.79 Å². The molecule has 0 N–H and O–H groups in total. The maximum atomic E-state index is 12.5. The van der Waals surface area contributed by atoms with Crippen LogP contribution in [0.15, 0.2) is 152 Å². The van der Waals surface area contributed by atoms with E-state index in [4.69, 9.17) is 4.84 Å². The Balaban J connectivity index is 0.000000215. The molecule has 0 amide bonds. The average Bonchev–Trinajstić information content (AvgIpc) is 3.15. The van der Waals surface area contributed by atoms with Crippen molar-refractivity contribution < 1.29 is 14.3 Å². The van der Waals surface area contributed by atoms with Crippen LogP contribution in [0.4, 0.5) is 0 Å². The van der Waals surface area contributed by atoms with Crippen LogP contribution in [0.1, 0.15) is 69.7 Å². The first-order chi connectivity index (χ1) is 23.1. The fourth-order valence-corrected chi connectivity index (χ4v) is 6.74. The molecule has 47 heavy (non-hydrogen) atoms. The monoisotopic (exact) mass is 625 g/mol. The van der Waals surface area contributed by atoms with E-state index in [1.54, 1.807) is 0 Å². The Morgan fingerprint density at radius 2 is 0.745 bits per heavy atom. The molecule has 0 saturated carbocycles. The van der Waals surface area contributed by atoms with Gasteiger partial charge in [-0.15, -0.1) is 4.65 Å². The van der Waals surface area contributed by atoms with Gasteiger partial charge in [0.25, 0.3) is 0 Å². The molecule has 5 rings (SSSR count). The van der Waals surface area contributed by atoms with Crippen LogP contribution < -0.4 is 21.9 Å². The van der Waals surface area contributed by atoms with Crippen molar-refractivity contribution in [1.82, 2.24) is 0 Å². The van der Waals surface area contributed by atoms with Gasteiger partial charge in [0.1, 0.15) is 25.8 Å². The van der Waals surface area contributed by atoms with Crippen molar-refractivity contribution in [2.24, 2.45) is 0 Å². The number of benzene rings is 5. The minimum Gasteiger partial charge on any atom is -0.271 e. The Labute approximate surface area is 283 Å². The van der Waals surface area contributed by atoms with Gasteiger partial charge < -0.3 is 0 Å². The molecule has 0 aromatic heterocycles. The van der Waals surface area contributed by atoms with Crippen molar-refractivity contribution in [3.8, 4) is 0 Å². The van der Waals surface area contributed by atoms with Crippen molar-refractivity contribution in [3.05, 3.63) is 157 Å². The molecule has 4 heteroatoms. The molecular formula is C43H52BNO2. The first-order valence-corrected chi connectivity index (χ1v) is 17.6. The molecule has 3 nitrogen and oxygen atoms in total. The van der Waals surface area contributed by atoms with Gasteiger partial charge in [0.15, 0.2) is 0 Å². The van der Waals surface area contributed by atoms with E-state index in [0.717, 1.165) is 58.2 Å². The molecule has 0 radical (unpaired) electrons. The largest absolute Gasteiger partial charge is 0.397 e. The zero-order valence-electron chi connectivity index (χ0n) is 28.6. The lowest BCUT2D eigenvalue weighted by Crippen LogP contribution is -2.74. The van der Waals surface area contributed by atoms with Crippen LogP contribution in [0.25, 0.3) is 0 Å². The summed E-state index contributed by atoms with van der Waals surface area (Å²) in [6, 6.07) is 52.9. The average molecular weight is 626 g/mol. The Hall–Kier alpha value is -4.41. The lowest BCUT2D eigenvalue weighted by atomic mass is 9.13. The van der Waals surface area contributed by atoms with Crippen molar-refractivity contribution in [3.63, 3.8) is 0 Å². The van der Waals surface area contributed by atoms with Crippen molar-refractivity contribution in [2.45, 2.75) is 59.3 Å². The third-order valence-electron chi connectivity index (χ3n) is 9.24. The van der Waals surface area contributed by atoms with Gasteiger partial charge in [0.05, 0.1) is 5.56 Å². The molecule has 0 aliphatic rings. The second-order valence-corrected chi connectivity index (χ2v) is 12.5. The molecule has 0 heterocycles. The molecule has 0 fully saturated rings. The van der Waals surface area contributed by atoms with E-state index in [-0.39, 0.29) is 5.97 Å². The number of hydrogen-bond acceptors (Lipinski definition) is 2. The van der Waals surface area contributed by atoms with E-state index in [2.05, 4.69) is 142 Å². The number of carbonyl (C=O) groups is 1. The molecule has 5 aromatic rings. The van der Waals surface area contributed by atoms with Gasteiger partial charge in [0.2, 0.25) is 0 Å². The zero-order valence-corrected chi connectivity index (χ0v) is 28.6. The van der Waals surface area contributed by atoms with Crippen molar-refractivity contribution in [1.29, 1.82) is 0 Å². The van der Waals surface area contributed by atoms with Gasteiger partial charge in [-0.05, 0) is 31.4 Å². The summed E-state index contributed by atoms with van der Waals surface area (Å²) < 4.78 is 0.489. The summed E-state index contributed by atoms with van der Waals surface area (Å²) in [4.78, 5) is 18.5. The lowest BCUT2D eigenvalue weighted by Gasteiger charge is -2.44. The number of unbranched alkanes of at least 4 members (excludes halogenated alkanes) is 3. The number of hydroxylamine groups is 3. The highest BCUT2D eigenvalue weighted by atomic mass is 16.7. The molecule has 0 bridgehead atoms. The van der Waals surface area contributed by atoms with Gasteiger partial charge in [-0.1, -0.05) is 180 Å². The van der Waals surface area contributed by atoms with Crippen LogP contribution in [0.3, 0.4) is 0 Å². The van der Waals surface area contributed by atoms with Crippen LogP contribution in [0.2, 0.25) is 0 Å². The molecule has 0 saturated heterocycles. The van der Waals surface area contributed by atoms with Crippen LogP contribution in [0, 0.1) is 0 Å². The van der Waals surface area contributed by atoms with E-state index >= 15 is 0 Å². The SMILES string of the molecule is CCCC[N+](CCCC)(CCCC)OC(=O)c1ccccc1.c1ccc([B-](c2ccccc2)(c2ccccc2)c2ccccc2)cc1. The van der Waals surface area contributed by atoms with Gasteiger partial charge in [0, 0.05) is 0 Å². The summed E-state index contributed by atoms with van der Waals surface area (Å²) in [6.07, 6.45) is 5.44. The zero-order chi connectivity index (χ0) is 33.2.